The van der Waals surface area contributed by atoms with Crippen LogP contribution in [0.5, 0.6) is 5.75 Å². The van der Waals surface area contributed by atoms with Gasteiger partial charge in [0.15, 0.2) is 6.79 Å². The molecular weight excluding hydrogens is 332 g/mol. The van der Waals surface area contributed by atoms with Crippen LogP contribution in [0.3, 0.4) is 0 Å². The fraction of sp³-hybridized carbons (Fsp3) is 0.294. The predicted molar refractivity (Wildman–Crippen MR) is 90.0 cm³/mol. The maximum absolute atomic E-state index is 11.1. The number of nitro groups is 1. The number of nitrogens with zero attached hydrogens (tertiary/aromatic N) is 2. The molecule has 1 aliphatic heterocycles. The number of benzene rings is 2. The maximum Gasteiger partial charge on any atom is 0.270 e. The molecule has 6 nitrogen and oxygen atoms in total. The Morgan fingerprint density at radius 2 is 2.12 bits per heavy atom. The highest BCUT2D eigenvalue weighted by Crippen LogP contribution is 2.33. The Hall–Kier alpha value is -2.15. The van der Waals surface area contributed by atoms with Crippen LogP contribution in [0.1, 0.15) is 16.7 Å². The standard InChI is InChI=1S/C17H17ClN2O4/c1-19(8-12-3-2-4-15(18)5-12)9-13-6-16(20(21)22)7-14-10-23-11-24-17(13)14/h2-7H,8-11H2,1H3. The molecule has 0 spiro atoms. The zero-order valence-corrected chi connectivity index (χ0v) is 14.0. The fourth-order valence-corrected chi connectivity index (χ4v) is 3.01. The van der Waals surface area contributed by atoms with Crippen LogP contribution in [0.25, 0.3) is 0 Å². The first kappa shape index (κ1) is 16.7. The van der Waals surface area contributed by atoms with Crippen LogP contribution in [0.15, 0.2) is 36.4 Å². The molecule has 0 amide bonds. The van der Waals surface area contributed by atoms with Crippen LogP contribution in [-0.2, 0) is 24.4 Å². The molecular formula is C17H17ClN2O4. The first-order chi connectivity index (χ1) is 11.5. The molecule has 3 rings (SSSR count). The minimum atomic E-state index is -0.393. The van der Waals surface area contributed by atoms with E-state index in [4.69, 9.17) is 21.1 Å². The van der Waals surface area contributed by atoms with Crippen LogP contribution in [0, 0.1) is 10.1 Å². The van der Waals surface area contributed by atoms with E-state index in [9.17, 15) is 10.1 Å². The van der Waals surface area contributed by atoms with Gasteiger partial charge >= 0.3 is 0 Å². The molecule has 24 heavy (non-hydrogen) atoms. The number of hydrogen-bond acceptors (Lipinski definition) is 5. The predicted octanol–water partition coefficient (Wildman–Crippen LogP) is 3.75. The molecule has 1 heterocycles. The second-order valence-corrected chi connectivity index (χ2v) is 6.20. The van der Waals surface area contributed by atoms with Crippen molar-refractivity contribution < 1.29 is 14.4 Å². The average Bonchev–Trinajstić information content (AvgIpc) is 2.54. The molecule has 0 atom stereocenters. The third-order valence-electron chi connectivity index (χ3n) is 3.76. The van der Waals surface area contributed by atoms with E-state index in [0.29, 0.717) is 36.0 Å². The highest BCUT2D eigenvalue weighted by atomic mass is 35.5. The Bertz CT molecular complexity index is 766. The molecule has 2 aromatic carbocycles. The van der Waals surface area contributed by atoms with Gasteiger partial charge in [0.05, 0.1) is 11.5 Å². The third-order valence-corrected chi connectivity index (χ3v) is 4.00. The van der Waals surface area contributed by atoms with Crippen molar-refractivity contribution >= 4 is 17.3 Å². The second kappa shape index (κ2) is 7.17. The lowest BCUT2D eigenvalue weighted by Crippen LogP contribution is -2.20. The first-order valence-corrected chi connectivity index (χ1v) is 7.84. The van der Waals surface area contributed by atoms with Crippen molar-refractivity contribution in [2.75, 3.05) is 13.8 Å². The van der Waals surface area contributed by atoms with Gasteiger partial charge in [0.25, 0.3) is 5.69 Å². The number of ether oxygens (including phenoxy) is 2. The summed E-state index contributed by atoms with van der Waals surface area (Å²) in [5, 5.41) is 11.8. The Morgan fingerprint density at radius 3 is 2.88 bits per heavy atom. The lowest BCUT2D eigenvalue weighted by molar-refractivity contribution is -0.385. The summed E-state index contributed by atoms with van der Waals surface area (Å²) < 4.78 is 10.8. The lowest BCUT2D eigenvalue weighted by atomic mass is 10.1. The van der Waals surface area contributed by atoms with Gasteiger partial charge in [-0.1, -0.05) is 23.7 Å². The van der Waals surface area contributed by atoms with Gasteiger partial charge < -0.3 is 9.47 Å². The van der Waals surface area contributed by atoms with E-state index in [1.165, 1.54) is 6.07 Å². The van der Waals surface area contributed by atoms with Crippen molar-refractivity contribution in [2.45, 2.75) is 19.7 Å². The summed E-state index contributed by atoms with van der Waals surface area (Å²) in [7, 11) is 1.95. The highest BCUT2D eigenvalue weighted by molar-refractivity contribution is 6.30. The summed E-state index contributed by atoms with van der Waals surface area (Å²) in [6.45, 7) is 1.68. The first-order valence-electron chi connectivity index (χ1n) is 7.46. The van der Waals surface area contributed by atoms with E-state index >= 15 is 0 Å². The Kier molecular flexibility index (Phi) is 4.99. The second-order valence-electron chi connectivity index (χ2n) is 5.76. The molecule has 0 aliphatic carbocycles. The number of nitro benzene ring substituents is 1. The van der Waals surface area contributed by atoms with Crippen molar-refractivity contribution in [3.8, 4) is 5.75 Å². The molecule has 1 aliphatic rings. The summed E-state index contributed by atoms with van der Waals surface area (Å²) in [4.78, 5) is 12.8. The van der Waals surface area contributed by atoms with Crippen LogP contribution < -0.4 is 4.74 Å². The summed E-state index contributed by atoms with van der Waals surface area (Å²) in [5.41, 5.74) is 2.62. The van der Waals surface area contributed by atoms with E-state index in [0.717, 1.165) is 11.1 Å². The average molecular weight is 349 g/mol. The van der Waals surface area contributed by atoms with Gasteiger partial charge in [-0.05, 0) is 24.7 Å². The number of rotatable bonds is 5. The summed E-state index contributed by atoms with van der Waals surface area (Å²) >= 11 is 6.01. The molecule has 0 N–H and O–H groups in total. The normalized spacial score (nSPS) is 13.5. The number of non-ortho nitro benzene ring substituents is 1. The molecule has 2 aromatic rings. The van der Waals surface area contributed by atoms with Crippen molar-refractivity contribution in [2.24, 2.45) is 0 Å². The Balaban J connectivity index is 1.83. The maximum atomic E-state index is 11.1. The topological polar surface area (TPSA) is 64.8 Å². The molecule has 0 radical (unpaired) electrons. The van der Waals surface area contributed by atoms with E-state index in [2.05, 4.69) is 4.90 Å². The van der Waals surface area contributed by atoms with Crippen molar-refractivity contribution in [3.05, 3.63) is 68.2 Å². The van der Waals surface area contributed by atoms with Gasteiger partial charge in [-0.3, -0.25) is 15.0 Å². The molecule has 0 bridgehead atoms. The molecule has 0 fully saturated rings. The third kappa shape index (κ3) is 3.84. The Morgan fingerprint density at radius 1 is 1.29 bits per heavy atom. The van der Waals surface area contributed by atoms with Crippen molar-refractivity contribution in [1.29, 1.82) is 0 Å². The van der Waals surface area contributed by atoms with E-state index in [-0.39, 0.29) is 12.5 Å². The van der Waals surface area contributed by atoms with E-state index in [1.807, 2.05) is 31.3 Å². The van der Waals surface area contributed by atoms with Gasteiger partial charge in [0.2, 0.25) is 0 Å². The minimum Gasteiger partial charge on any atom is -0.467 e. The zero-order valence-electron chi connectivity index (χ0n) is 13.2. The number of halogens is 1. The van der Waals surface area contributed by atoms with Gasteiger partial charge in [-0.2, -0.15) is 0 Å². The van der Waals surface area contributed by atoms with E-state index in [1.54, 1.807) is 6.07 Å². The Labute approximate surface area is 144 Å². The monoisotopic (exact) mass is 348 g/mol. The number of fused-ring (bicyclic) bond motifs is 1. The van der Waals surface area contributed by atoms with Crippen LogP contribution in [-0.4, -0.2) is 23.7 Å². The van der Waals surface area contributed by atoms with Crippen molar-refractivity contribution in [1.82, 2.24) is 4.90 Å². The molecule has 126 valence electrons. The van der Waals surface area contributed by atoms with Crippen LogP contribution in [0.2, 0.25) is 5.02 Å². The van der Waals surface area contributed by atoms with Crippen molar-refractivity contribution in [3.63, 3.8) is 0 Å². The van der Waals surface area contributed by atoms with Crippen LogP contribution in [0.4, 0.5) is 5.69 Å². The largest absolute Gasteiger partial charge is 0.467 e. The SMILES string of the molecule is CN(Cc1cccc(Cl)c1)Cc1cc([N+](=O)[O-])cc2c1OCOC2. The molecule has 0 unspecified atom stereocenters. The molecule has 0 aromatic heterocycles. The van der Waals surface area contributed by atoms with Gasteiger partial charge in [0, 0.05) is 41.4 Å². The van der Waals surface area contributed by atoms with E-state index < -0.39 is 4.92 Å². The number of hydrogen-bond donors (Lipinski definition) is 0. The molecule has 7 heteroatoms. The molecule has 0 saturated carbocycles. The quantitative estimate of drug-likeness (QED) is 0.608. The summed E-state index contributed by atoms with van der Waals surface area (Å²) in [6, 6.07) is 10.7. The fourth-order valence-electron chi connectivity index (χ4n) is 2.80. The lowest BCUT2D eigenvalue weighted by Gasteiger charge is -2.23. The highest BCUT2D eigenvalue weighted by Gasteiger charge is 2.21. The molecule has 0 saturated heterocycles. The zero-order chi connectivity index (χ0) is 17.1. The summed E-state index contributed by atoms with van der Waals surface area (Å²) in [6.07, 6.45) is 0. The van der Waals surface area contributed by atoms with Gasteiger partial charge in [-0.15, -0.1) is 0 Å². The smallest absolute Gasteiger partial charge is 0.270 e. The summed E-state index contributed by atoms with van der Waals surface area (Å²) in [5.74, 6) is 0.685. The van der Waals surface area contributed by atoms with Gasteiger partial charge in [-0.25, -0.2) is 0 Å². The minimum absolute atomic E-state index is 0.0500. The van der Waals surface area contributed by atoms with Gasteiger partial charge in [0.1, 0.15) is 5.75 Å². The van der Waals surface area contributed by atoms with Crippen LogP contribution >= 0.6 is 11.6 Å².